The van der Waals surface area contributed by atoms with E-state index in [1.807, 2.05) is 0 Å². The first-order valence-electron chi connectivity index (χ1n) is 7.14. The van der Waals surface area contributed by atoms with Crippen molar-refractivity contribution in [3.63, 3.8) is 0 Å². The molecular formula is C18H19Br. The van der Waals surface area contributed by atoms with Crippen molar-refractivity contribution in [1.82, 2.24) is 0 Å². The molecule has 0 amide bonds. The van der Waals surface area contributed by atoms with Crippen LogP contribution in [0, 0.1) is 5.92 Å². The van der Waals surface area contributed by atoms with E-state index in [1.54, 1.807) is 11.1 Å². The highest BCUT2D eigenvalue weighted by molar-refractivity contribution is 9.10. The van der Waals surface area contributed by atoms with Gasteiger partial charge in [0.05, 0.1) is 0 Å². The van der Waals surface area contributed by atoms with Crippen molar-refractivity contribution in [2.75, 3.05) is 0 Å². The van der Waals surface area contributed by atoms with Gasteiger partial charge in [-0.3, -0.25) is 0 Å². The maximum absolute atomic E-state index is 3.49. The van der Waals surface area contributed by atoms with Crippen LogP contribution in [0.4, 0.5) is 0 Å². The number of halogens is 1. The van der Waals surface area contributed by atoms with Crippen LogP contribution in [-0.2, 0) is 12.8 Å². The van der Waals surface area contributed by atoms with Gasteiger partial charge in [0.2, 0.25) is 0 Å². The number of rotatable bonds is 2. The van der Waals surface area contributed by atoms with Gasteiger partial charge in [0.25, 0.3) is 0 Å². The largest absolute Gasteiger partial charge is 0.0651 e. The number of hydrogen-bond acceptors (Lipinski definition) is 0. The van der Waals surface area contributed by atoms with Crippen LogP contribution in [0.15, 0.2) is 46.9 Å². The topological polar surface area (TPSA) is 0 Å². The second kappa shape index (κ2) is 5.50. The van der Waals surface area contributed by atoms with Gasteiger partial charge in [-0.05, 0) is 59.6 Å². The molecule has 3 rings (SSSR count). The lowest BCUT2D eigenvalue weighted by atomic mass is 9.81. The monoisotopic (exact) mass is 314 g/mol. The maximum Gasteiger partial charge on any atom is 0.0175 e. The Hall–Kier alpha value is -1.08. The van der Waals surface area contributed by atoms with Crippen LogP contribution in [0.1, 0.15) is 30.9 Å². The molecular weight excluding hydrogens is 296 g/mol. The summed E-state index contributed by atoms with van der Waals surface area (Å²) in [6, 6.07) is 15.6. The molecule has 2 aromatic carbocycles. The molecule has 1 unspecified atom stereocenters. The highest BCUT2D eigenvalue weighted by atomic mass is 79.9. The zero-order valence-electron chi connectivity index (χ0n) is 11.3. The molecule has 0 aliphatic heterocycles. The lowest BCUT2D eigenvalue weighted by molar-refractivity contribution is 0.445. The second-order valence-corrected chi connectivity index (χ2v) is 6.42. The third-order valence-electron chi connectivity index (χ3n) is 4.29. The Kier molecular flexibility index (Phi) is 3.74. The number of aryl methyl sites for hydroxylation is 1. The third kappa shape index (κ3) is 2.76. The molecule has 0 nitrogen and oxygen atoms in total. The predicted octanol–water partition coefficient (Wildman–Crippen LogP) is 5.63. The molecule has 19 heavy (non-hydrogen) atoms. The fraction of sp³-hybridized carbons (Fsp3) is 0.333. The first-order chi connectivity index (χ1) is 9.26. The lowest BCUT2D eigenvalue weighted by Crippen LogP contribution is -2.13. The van der Waals surface area contributed by atoms with Gasteiger partial charge in [0, 0.05) is 4.47 Å². The van der Waals surface area contributed by atoms with Gasteiger partial charge in [-0.25, -0.2) is 0 Å². The van der Waals surface area contributed by atoms with E-state index in [-0.39, 0.29) is 0 Å². The van der Waals surface area contributed by atoms with E-state index in [2.05, 4.69) is 65.3 Å². The summed E-state index contributed by atoms with van der Waals surface area (Å²) in [4.78, 5) is 0. The molecule has 0 fully saturated rings. The van der Waals surface area contributed by atoms with E-state index in [4.69, 9.17) is 0 Å². The van der Waals surface area contributed by atoms with Crippen molar-refractivity contribution in [3.05, 3.63) is 58.1 Å². The molecule has 0 spiro atoms. The smallest absolute Gasteiger partial charge is 0.0175 e. The van der Waals surface area contributed by atoms with Gasteiger partial charge in [-0.1, -0.05) is 59.6 Å². The highest BCUT2D eigenvalue weighted by Gasteiger charge is 2.17. The molecule has 1 aliphatic rings. The number of fused-ring (bicyclic) bond motifs is 1. The zero-order chi connectivity index (χ0) is 13.2. The fourth-order valence-corrected chi connectivity index (χ4v) is 3.27. The maximum atomic E-state index is 3.49. The Labute approximate surface area is 124 Å². The fourth-order valence-electron chi connectivity index (χ4n) is 3.00. The van der Waals surface area contributed by atoms with E-state index in [9.17, 15) is 0 Å². The van der Waals surface area contributed by atoms with Gasteiger partial charge < -0.3 is 0 Å². The Morgan fingerprint density at radius 3 is 2.47 bits per heavy atom. The van der Waals surface area contributed by atoms with Crippen LogP contribution in [0.5, 0.6) is 0 Å². The average Bonchev–Trinajstić information content (AvgIpc) is 2.47. The van der Waals surface area contributed by atoms with Crippen molar-refractivity contribution in [1.29, 1.82) is 0 Å². The van der Waals surface area contributed by atoms with Crippen molar-refractivity contribution in [2.45, 2.75) is 32.6 Å². The van der Waals surface area contributed by atoms with Crippen molar-refractivity contribution in [2.24, 2.45) is 5.92 Å². The molecule has 98 valence electrons. The van der Waals surface area contributed by atoms with Crippen LogP contribution in [0.3, 0.4) is 0 Å². The summed E-state index contributed by atoms with van der Waals surface area (Å²) < 4.78 is 1.14. The van der Waals surface area contributed by atoms with E-state index in [1.165, 1.54) is 36.8 Å². The first kappa shape index (κ1) is 12.9. The van der Waals surface area contributed by atoms with Gasteiger partial charge in [-0.15, -0.1) is 0 Å². The van der Waals surface area contributed by atoms with Gasteiger partial charge in [0.1, 0.15) is 0 Å². The molecule has 0 radical (unpaired) electrons. The summed E-state index contributed by atoms with van der Waals surface area (Å²) in [5.41, 5.74) is 5.79. The molecule has 1 heteroatoms. The first-order valence-corrected chi connectivity index (χ1v) is 7.93. The number of benzene rings is 2. The van der Waals surface area contributed by atoms with Gasteiger partial charge >= 0.3 is 0 Å². The third-order valence-corrected chi connectivity index (χ3v) is 4.82. The summed E-state index contributed by atoms with van der Waals surface area (Å²) in [6.07, 6.45) is 5.19. The Bertz CT molecular complexity index is 569. The SMILES string of the molecule is CCC1CCc2cc(-c3ccc(Br)cc3)ccc2C1. The Morgan fingerprint density at radius 1 is 1.00 bits per heavy atom. The molecule has 0 heterocycles. The highest BCUT2D eigenvalue weighted by Crippen LogP contribution is 2.31. The Morgan fingerprint density at radius 2 is 1.74 bits per heavy atom. The quantitative estimate of drug-likeness (QED) is 0.673. The summed E-state index contributed by atoms with van der Waals surface area (Å²) in [5, 5.41) is 0. The van der Waals surface area contributed by atoms with Gasteiger partial charge in [0.15, 0.2) is 0 Å². The van der Waals surface area contributed by atoms with Crippen LogP contribution < -0.4 is 0 Å². The summed E-state index contributed by atoms with van der Waals surface area (Å²) >= 11 is 3.49. The lowest BCUT2D eigenvalue weighted by Gasteiger charge is -2.24. The second-order valence-electron chi connectivity index (χ2n) is 5.51. The molecule has 0 saturated carbocycles. The minimum atomic E-state index is 0.894. The standard InChI is InChI=1S/C18H19Br/c1-2-13-3-4-17-12-16(6-5-15(17)11-13)14-7-9-18(19)10-8-14/h5-10,12-13H,2-4,11H2,1H3. The molecule has 1 atom stereocenters. The van der Waals surface area contributed by atoms with Crippen molar-refractivity contribution >= 4 is 15.9 Å². The minimum Gasteiger partial charge on any atom is -0.0651 e. The van der Waals surface area contributed by atoms with E-state index in [0.29, 0.717) is 0 Å². The van der Waals surface area contributed by atoms with Gasteiger partial charge in [-0.2, -0.15) is 0 Å². The molecule has 0 N–H and O–H groups in total. The summed E-state index contributed by atoms with van der Waals surface area (Å²) in [5.74, 6) is 0.894. The predicted molar refractivity (Wildman–Crippen MR) is 85.4 cm³/mol. The Balaban J connectivity index is 1.92. The van der Waals surface area contributed by atoms with Crippen molar-refractivity contribution < 1.29 is 0 Å². The van der Waals surface area contributed by atoms with E-state index < -0.39 is 0 Å². The summed E-state index contributed by atoms with van der Waals surface area (Å²) in [7, 11) is 0. The van der Waals surface area contributed by atoms with Crippen LogP contribution in [-0.4, -0.2) is 0 Å². The van der Waals surface area contributed by atoms with E-state index in [0.717, 1.165) is 10.4 Å². The minimum absolute atomic E-state index is 0.894. The normalized spacial score (nSPS) is 18.1. The van der Waals surface area contributed by atoms with Crippen molar-refractivity contribution in [3.8, 4) is 11.1 Å². The number of hydrogen-bond donors (Lipinski definition) is 0. The molecule has 0 saturated heterocycles. The molecule has 0 bridgehead atoms. The van der Waals surface area contributed by atoms with Crippen LogP contribution in [0.25, 0.3) is 11.1 Å². The van der Waals surface area contributed by atoms with Crippen LogP contribution in [0.2, 0.25) is 0 Å². The summed E-state index contributed by atoms with van der Waals surface area (Å²) in [6.45, 7) is 2.31. The van der Waals surface area contributed by atoms with E-state index >= 15 is 0 Å². The molecule has 0 aromatic heterocycles. The zero-order valence-corrected chi connectivity index (χ0v) is 12.9. The average molecular weight is 315 g/mol. The molecule has 2 aromatic rings. The van der Waals surface area contributed by atoms with Crippen LogP contribution >= 0.6 is 15.9 Å². The molecule has 1 aliphatic carbocycles.